The summed E-state index contributed by atoms with van der Waals surface area (Å²) in [5.74, 6) is 0.925. The van der Waals surface area contributed by atoms with E-state index in [4.69, 9.17) is 4.99 Å². The first kappa shape index (κ1) is 20.0. The summed E-state index contributed by atoms with van der Waals surface area (Å²) in [6, 6.07) is 9.20. The monoisotopic (exact) mass is 371 g/mol. The summed E-state index contributed by atoms with van der Waals surface area (Å²) in [4.78, 5) is 9.85. The second-order valence-electron chi connectivity index (χ2n) is 7.82. The van der Waals surface area contributed by atoms with Crippen LogP contribution in [0.25, 0.3) is 0 Å². The van der Waals surface area contributed by atoms with Crippen molar-refractivity contribution in [3.63, 3.8) is 0 Å². The Labute approximate surface area is 165 Å². The fourth-order valence-corrected chi connectivity index (χ4v) is 4.06. The molecule has 1 unspecified atom stereocenters. The van der Waals surface area contributed by atoms with Crippen molar-refractivity contribution in [1.29, 1.82) is 0 Å². The molecule has 0 radical (unpaired) electrons. The van der Waals surface area contributed by atoms with Crippen molar-refractivity contribution in [3.8, 4) is 0 Å². The average molecular weight is 372 g/mol. The topological polar surface area (TPSA) is 42.9 Å². The predicted molar refractivity (Wildman–Crippen MR) is 116 cm³/mol. The highest BCUT2D eigenvalue weighted by atomic mass is 15.2. The van der Waals surface area contributed by atoms with Crippen molar-refractivity contribution in [2.45, 2.75) is 52.0 Å². The van der Waals surface area contributed by atoms with Gasteiger partial charge in [0, 0.05) is 31.9 Å². The van der Waals surface area contributed by atoms with Crippen molar-refractivity contribution in [2.75, 3.05) is 50.7 Å². The highest BCUT2D eigenvalue weighted by Crippen LogP contribution is 2.23. The van der Waals surface area contributed by atoms with Crippen LogP contribution in [0.3, 0.4) is 0 Å². The SMILES string of the molecule is CCNC(=NCCN1CCCCC1)NC(C)c1cccc(N2CCCC2)c1. The highest BCUT2D eigenvalue weighted by Gasteiger charge is 2.15. The second kappa shape index (κ2) is 10.5. The number of hydrogen-bond acceptors (Lipinski definition) is 3. The minimum absolute atomic E-state index is 0.236. The van der Waals surface area contributed by atoms with Crippen molar-refractivity contribution >= 4 is 11.6 Å². The standard InChI is InChI=1S/C22H37N5/c1-3-23-22(24-12-17-26-13-5-4-6-14-26)25-19(2)20-10-9-11-21(18-20)27-15-7-8-16-27/h9-11,18-19H,3-8,12-17H2,1-2H3,(H2,23,24,25). The van der Waals surface area contributed by atoms with Gasteiger partial charge in [-0.1, -0.05) is 18.6 Å². The summed E-state index contributed by atoms with van der Waals surface area (Å²) in [6.07, 6.45) is 6.69. The van der Waals surface area contributed by atoms with Crippen molar-refractivity contribution in [2.24, 2.45) is 4.99 Å². The van der Waals surface area contributed by atoms with Gasteiger partial charge in [0.1, 0.15) is 0 Å². The Bertz CT molecular complexity index is 588. The summed E-state index contributed by atoms with van der Waals surface area (Å²) in [5, 5.41) is 6.99. The van der Waals surface area contributed by atoms with Gasteiger partial charge in [0.2, 0.25) is 0 Å². The molecule has 5 nitrogen and oxygen atoms in total. The fourth-order valence-electron chi connectivity index (χ4n) is 4.06. The zero-order valence-corrected chi connectivity index (χ0v) is 17.2. The second-order valence-corrected chi connectivity index (χ2v) is 7.82. The molecule has 0 aromatic heterocycles. The molecule has 2 aliphatic rings. The summed E-state index contributed by atoms with van der Waals surface area (Å²) >= 11 is 0. The number of anilines is 1. The summed E-state index contributed by atoms with van der Waals surface area (Å²) in [7, 11) is 0. The number of benzene rings is 1. The number of nitrogens with zero attached hydrogens (tertiary/aromatic N) is 3. The number of rotatable bonds is 7. The molecule has 0 bridgehead atoms. The molecule has 1 aromatic rings. The first-order valence-corrected chi connectivity index (χ1v) is 10.9. The molecule has 0 aliphatic carbocycles. The van der Waals surface area contributed by atoms with E-state index in [1.807, 2.05) is 0 Å². The van der Waals surface area contributed by atoms with E-state index < -0.39 is 0 Å². The number of piperidine rings is 1. The molecule has 2 N–H and O–H groups in total. The van der Waals surface area contributed by atoms with E-state index >= 15 is 0 Å². The number of aliphatic imine (C=N–C) groups is 1. The lowest BCUT2D eigenvalue weighted by atomic mass is 10.1. The van der Waals surface area contributed by atoms with E-state index in [-0.39, 0.29) is 6.04 Å². The summed E-state index contributed by atoms with van der Waals surface area (Å²) in [5.41, 5.74) is 2.67. The third-order valence-electron chi connectivity index (χ3n) is 5.67. The van der Waals surface area contributed by atoms with Crippen LogP contribution in [0.2, 0.25) is 0 Å². The Morgan fingerprint density at radius 2 is 1.81 bits per heavy atom. The molecule has 150 valence electrons. The molecule has 0 saturated carbocycles. The van der Waals surface area contributed by atoms with Crippen LogP contribution in [0.1, 0.15) is 57.6 Å². The zero-order valence-electron chi connectivity index (χ0n) is 17.2. The molecule has 2 fully saturated rings. The van der Waals surface area contributed by atoms with Gasteiger partial charge in [0.25, 0.3) is 0 Å². The first-order chi connectivity index (χ1) is 13.3. The molecule has 5 heteroatoms. The molecule has 0 spiro atoms. The van der Waals surface area contributed by atoms with Crippen LogP contribution in [0, 0.1) is 0 Å². The molecule has 2 saturated heterocycles. The highest BCUT2D eigenvalue weighted by molar-refractivity contribution is 5.80. The van der Waals surface area contributed by atoms with E-state index in [1.54, 1.807) is 0 Å². The Morgan fingerprint density at radius 3 is 2.56 bits per heavy atom. The molecule has 0 amide bonds. The maximum Gasteiger partial charge on any atom is 0.191 e. The summed E-state index contributed by atoms with van der Waals surface area (Å²) in [6.45, 7) is 12.0. The van der Waals surface area contributed by atoms with Crippen LogP contribution >= 0.6 is 0 Å². The molecular formula is C22H37N5. The number of hydrogen-bond donors (Lipinski definition) is 2. The first-order valence-electron chi connectivity index (χ1n) is 10.9. The zero-order chi connectivity index (χ0) is 18.9. The van der Waals surface area contributed by atoms with Gasteiger partial charge in [-0.25, -0.2) is 0 Å². The number of guanidine groups is 1. The van der Waals surface area contributed by atoms with Gasteiger partial charge < -0.3 is 20.4 Å². The fraction of sp³-hybridized carbons (Fsp3) is 0.682. The van der Waals surface area contributed by atoms with Crippen molar-refractivity contribution < 1.29 is 0 Å². The molecule has 1 aromatic carbocycles. The van der Waals surface area contributed by atoms with Gasteiger partial charge in [-0.2, -0.15) is 0 Å². The third-order valence-corrected chi connectivity index (χ3v) is 5.67. The Kier molecular flexibility index (Phi) is 7.81. The van der Waals surface area contributed by atoms with Gasteiger partial charge in [-0.05, 0) is 70.3 Å². The van der Waals surface area contributed by atoms with Gasteiger partial charge in [-0.3, -0.25) is 4.99 Å². The number of likely N-dealkylation sites (tertiary alicyclic amines) is 1. The van der Waals surface area contributed by atoms with Crippen LogP contribution in [-0.2, 0) is 0 Å². The predicted octanol–water partition coefficient (Wildman–Crippen LogP) is 3.39. The van der Waals surface area contributed by atoms with Gasteiger partial charge in [0.05, 0.1) is 12.6 Å². The van der Waals surface area contributed by atoms with Crippen LogP contribution < -0.4 is 15.5 Å². The maximum atomic E-state index is 4.82. The van der Waals surface area contributed by atoms with Gasteiger partial charge >= 0.3 is 0 Å². The largest absolute Gasteiger partial charge is 0.372 e. The average Bonchev–Trinajstić information content (AvgIpc) is 3.24. The lowest BCUT2D eigenvalue weighted by molar-refractivity contribution is 0.235. The van der Waals surface area contributed by atoms with E-state index in [0.717, 1.165) is 25.6 Å². The lowest BCUT2D eigenvalue weighted by Crippen LogP contribution is -2.39. The Hall–Kier alpha value is -1.75. The minimum Gasteiger partial charge on any atom is -0.372 e. The maximum absolute atomic E-state index is 4.82. The third kappa shape index (κ3) is 6.13. The molecule has 2 heterocycles. The summed E-state index contributed by atoms with van der Waals surface area (Å²) < 4.78 is 0. The van der Waals surface area contributed by atoms with Crippen LogP contribution in [0.4, 0.5) is 5.69 Å². The van der Waals surface area contributed by atoms with Gasteiger partial charge in [0.15, 0.2) is 5.96 Å². The van der Waals surface area contributed by atoms with Crippen LogP contribution in [0.15, 0.2) is 29.3 Å². The van der Waals surface area contributed by atoms with Crippen molar-refractivity contribution in [1.82, 2.24) is 15.5 Å². The Morgan fingerprint density at radius 1 is 1.07 bits per heavy atom. The van der Waals surface area contributed by atoms with E-state index in [2.05, 4.69) is 58.5 Å². The number of nitrogens with one attached hydrogen (secondary N) is 2. The smallest absolute Gasteiger partial charge is 0.191 e. The van der Waals surface area contributed by atoms with E-state index in [0.29, 0.717) is 0 Å². The minimum atomic E-state index is 0.236. The molecular weight excluding hydrogens is 334 g/mol. The van der Waals surface area contributed by atoms with Gasteiger partial charge in [-0.15, -0.1) is 0 Å². The van der Waals surface area contributed by atoms with Crippen LogP contribution in [0.5, 0.6) is 0 Å². The molecule has 3 rings (SSSR count). The molecule has 1 atom stereocenters. The van der Waals surface area contributed by atoms with E-state index in [9.17, 15) is 0 Å². The normalized spacial score (nSPS) is 19.9. The lowest BCUT2D eigenvalue weighted by Gasteiger charge is -2.26. The van der Waals surface area contributed by atoms with Crippen molar-refractivity contribution in [3.05, 3.63) is 29.8 Å². The Balaban J connectivity index is 1.56. The molecule has 27 heavy (non-hydrogen) atoms. The van der Waals surface area contributed by atoms with Crippen LogP contribution in [-0.4, -0.2) is 56.7 Å². The van der Waals surface area contributed by atoms with E-state index in [1.165, 1.54) is 69.5 Å². The molecule has 2 aliphatic heterocycles. The quantitative estimate of drug-likeness (QED) is 0.570.